The van der Waals surface area contributed by atoms with Crippen LogP contribution in [0.15, 0.2) is 29.1 Å². The normalized spacial score (nSPS) is 10.3. The summed E-state index contributed by atoms with van der Waals surface area (Å²) in [5, 5.41) is 9.52. The van der Waals surface area contributed by atoms with Crippen molar-refractivity contribution in [1.82, 2.24) is 15.5 Å². The van der Waals surface area contributed by atoms with Gasteiger partial charge in [-0.3, -0.25) is 4.79 Å². The first kappa shape index (κ1) is 14.1. The first-order valence-electron chi connectivity index (χ1n) is 6.15. The highest BCUT2D eigenvalue weighted by Crippen LogP contribution is 2.31. The fraction of sp³-hybridized carbons (Fsp3) is 0.286. The van der Waals surface area contributed by atoms with Crippen LogP contribution in [0.3, 0.4) is 0 Å². The number of methoxy groups -OCH3 is 2. The van der Waals surface area contributed by atoms with Gasteiger partial charge < -0.3 is 14.8 Å². The van der Waals surface area contributed by atoms with Gasteiger partial charge in [0.1, 0.15) is 11.5 Å². The highest BCUT2D eigenvalue weighted by molar-refractivity contribution is 5.68. The Hall–Kier alpha value is -2.34. The second-order valence-electron chi connectivity index (χ2n) is 4.20. The fourth-order valence-corrected chi connectivity index (χ4v) is 1.92. The van der Waals surface area contributed by atoms with E-state index in [1.165, 1.54) is 0 Å². The average molecular weight is 275 g/mol. The number of nitrogens with zero attached hydrogens (tertiary/aromatic N) is 1. The van der Waals surface area contributed by atoms with E-state index < -0.39 is 0 Å². The second kappa shape index (κ2) is 6.21. The van der Waals surface area contributed by atoms with Gasteiger partial charge in [-0.25, -0.2) is 5.10 Å². The standard InChI is InChI=1S/C14H17N3O3/c1-15-8-9-6-12(16-17-14(9)18)11-5-4-10(19-2)7-13(11)20-3/h4-7,15H,8H2,1-3H3,(H,17,18). The molecule has 2 aromatic rings. The smallest absolute Gasteiger partial charge is 0.268 e. The minimum Gasteiger partial charge on any atom is -0.497 e. The molecule has 1 aromatic heterocycles. The quantitative estimate of drug-likeness (QED) is 0.856. The molecule has 106 valence electrons. The van der Waals surface area contributed by atoms with E-state index in [0.29, 0.717) is 29.3 Å². The lowest BCUT2D eigenvalue weighted by Crippen LogP contribution is -2.19. The molecule has 0 unspecified atom stereocenters. The Morgan fingerprint density at radius 3 is 2.70 bits per heavy atom. The summed E-state index contributed by atoms with van der Waals surface area (Å²) in [6.07, 6.45) is 0. The van der Waals surface area contributed by atoms with Crippen molar-refractivity contribution >= 4 is 0 Å². The van der Waals surface area contributed by atoms with Crippen LogP contribution in [-0.4, -0.2) is 31.5 Å². The van der Waals surface area contributed by atoms with E-state index in [1.54, 1.807) is 33.4 Å². The van der Waals surface area contributed by atoms with Gasteiger partial charge in [-0.1, -0.05) is 0 Å². The molecule has 2 rings (SSSR count). The topological polar surface area (TPSA) is 76.2 Å². The number of benzene rings is 1. The van der Waals surface area contributed by atoms with E-state index in [2.05, 4.69) is 15.5 Å². The van der Waals surface area contributed by atoms with Gasteiger partial charge in [-0.15, -0.1) is 0 Å². The number of rotatable bonds is 5. The second-order valence-corrected chi connectivity index (χ2v) is 4.20. The summed E-state index contributed by atoms with van der Waals surface area (Å²) in [6.45, 7) is 0.476. The summed E-state index contributed by atoms with van der Waals surface area (Å²) >= 11 is 0. The van der Waals surface area contributed by atoms with Crippen molar-refractivity contribution in [2.75, 3.05) is 21.3 Å². The summed E-state index contributed by atoms with van der Waals surface area (Å²) in [5.41, 5.74) is 1.86. The Morgan fingerprint density at radius 2 is 2.05 bits per heavy atom. The third-order valence-electron chi connectivity index (χ3n) is 2.93. The van der Waals surface area contributed by atoms with Crippen LogP contribution in [0.2, 0.25) is 0 Å². The Labute approximate surface area is 116 Å². The lowest BCUT2D eigenvalue weighted by atomic mass is 10.1. The number of ether oxygens (including phenoxy) is 2. The largest absolute Gasteiger partial charge is 0.497 e. The monoisotopic (exact) mass is 275 g/mol. The fourth-order valence-electron chi connectivity index (χ4n) is 1.92. The van der Waals surface area contributed by atoms with Crippen molar-refractivity contribution in [2.24, 2.45) is 0 Å². The zero-order valence-corrected chi connectivity index (χ0v) is 11.7. The van der Waals surface area contributed by atoms with Crippen molar-refractivity contribution in [3.63, 3.8) is 0 Å². The molecule has 0 aliphatic rings. The number of aromatic nitrogens is 2. The Morgan fingerprint density at radius 1 is 1.25 bits per heavy atom. The number of hydrogen-bond acceptors (Lipinski definition) is 5. The molecule has 0 saturated carbocycles. The molecule has 0 fully saturated rings. The van der Waals surface area contributed by atoms with E-state index in [0.717, 1.165) is 5.56 Å². The average Bonchev–Trinajstić information content (AvgIpc) is 2.49. The van der Waals surface area contributed by atoms with Crippen LogP contribution < -0.4 is 20.3 Å². The zero-order chi connectivity index (χ0) is 14.5. The maximum atomic E-state index is 11.6. The Kier molecular flexibility index (Phi) is 4.37. The van der Waals surface area contributed by atoms with E-state index in [-0.39, 0.29) is 5.56 Å². The van der Waals surface area contributed by atoms with E-state index in [1.807, 2.05) is 12.1 Å². The summed E-state index contributed by atoms with van der Waals surface area (Å²) < 4.78 is 10.5. The van der Waals surface area contributed by atoms with Crippen LogP contribution in [0.4, 0.5) is 0 Å². The number of H-pyrrole nitrogens is 1. The molecule has 1 aromatic carbocycles. The van der Waals surface area contributed by atoms with Gasteiger partial charge in [0.25, 0.3) is 5.56 Å². The van der Waals surface area contributed by atoms with Gasteiger partial charge in [0.05, 0.1) is 19.9 Å². The molecule has 0 atom stereocenters. The van der Waals surface area contributed by atoms with Gasteiger partial charge in [-0.2, -0.15) is 5.10 Å². The molecule has 0 amide bonds. The van der Waals surface area contributed by atoms with E-state index in [9.17, 15) is 4.79 Å². The van der Waals surface area contributed by atoms with Crippen molar-refractivity contribution in [2.45, 2.75) is 6.54 Å². The summed E-state index contributed by atoms with van der Waals surface area (Å²) in [7, 11) is 4.96. The minimum absolute atomic E-state index is 0.199. The van der Waals surface area contributed by atoms with Gasteiger partial charge in [0.15, 0.2) is 0 Å². The third-order valence-corrected chi connectivity index (χ3v) is 2.93. The summed E-state index contributed by atoms with van der Waals surface area (Å²) in [6, 6.07) is 7.20. The summed E-state index contributed by atoms with van der Waals surface area (Å²) in [4.78, 5) is 11.6. The Balaban J connectivity index is 2.50. The first-order chi connectivity index (χ1) is 9.69. The van der Waals surface area contributed by atoms with Gasteiger partial charge in [0.2, 0.25) is 0 Å². The Bertz CT molecular complexity index is 652. The lowest BCUT2D eigenvalue weighted by molar-refractivity contribution is 0.395. The number of nitrogens with one attached hydrogen (secondary N) is 2. The molecule has 0 aliphatic heterocycles. The van der Waals surface area contributed by atoms with Crippen LogP contribution >= 0.6 is 0 Å². The van der Waals surface area contributed by atoms with E-state index in [4.69, 9.17) is 9.47 Å². The molecule has 1 heterocycles. The van der Waals surface area contributed by atoms with Crippen molar-refractivity contribution < 1.29 is 9.47 Å². The molecule has 20 heavy (non-hydrogen) atoms. The molecule has 2 N–H and O–H groups in total. The van der Waals surface area contributed by atoms with E-state index >= 15 is 0 Å². The third kappa shape index (κ3) is 2.80. The molecule has 6 nitrogen and oxygen atoms in total. The van der Waals surface area contributed by atoms with Gasteiger partial charge in [0, 0.05) is 23.7 Å². The molecule has 0 bridgehead atoms. The number of hydrogen-bond donors (Lipinski definition) is 2. The number of aromatic amines is 1. The molecule has 0 aliphatic carbocycles. The highest BCUT2D eigenvalue weighted by atomic mass is 16.5. The van der Waals surface area contributed by atoms with Crippen LogP contribution in [-0.2, 0) is 6.54 Å². The van der Waals surface area contributed by atoms with Gasteiger partial charge in [-0.05, 0) is 25.2 Å². The molecular weight excluding hydrogens is 258 g/mol. The lowest BCUT2D eigenvalue weighted by Gasteiger charge is -2.10. The molecular formula is C14H17N3O3. The van der Waals surface area contributed by atoms with Crippen molar-refractivity contribution in [3.05, 3.63) is 40.2 Å². The molecule has 0 spiro atoms. The predicted molar refractivity (Wildman–Crippen MR) is 76.2 cm³/mol. The zero-order valence-electron chi connectivity index (χ0n) is 11.7. The van der Waals surface area contributed by atoms with Crippen LogP contribution in [0, 0.1) is 0 Å². The minimum atomic E-state index is -0.199. The predicted octanol–water partition coefficient (Wildman–Crippen LogP) is 1.17. The van der Waals surface area contributed by atoms with Crippen LogP contribution in [0.5, 0.6) is 11.5 Å². The molecule has 6 heteroatoms. The van der Waals surface area contributed by atoms with Gasteiger partial charge >= 0.3 is 0 Å². The maximum absolute atomic E-state index is 11.6. The van der Waals surface area contributed by atoms with Crippen LogP contribution in [0.25, 0.3) is 11.3 Å². The van der Waals surface area contributed by atoms with Crippen molar-refractivity contribution in [3.8, 4) is 22.8 Å². The van der Waals surface area contributed by atoms with Crippen molar-refractivity contribution in [1.29, 1.82) is 0 Å². The summed E-state index contributed by atoms with van der Waals surface area (Å²) in [5.74, 6) is 1.34. The SMILES string of the molecule is CNCc1cc(-c2ccc(OC)cc2OC)n[nH]c1=O. The molecule has 0 saturated heterocycles. The first-order valence-corrected chi connectivity index (χ1v) is 6.15. The maximum Gasteiger partial charge on any atom is 0.268 e. The molecule has 0 radical (unpaired) electrons. The highest BCUT2D eigenvalue weighted by Gasteiger charge is 2.11. The van der Waals surface area contributed by atoms with Crippen LogP contribution in [0.1, 0.15) is 5.56 Å².